The van der Waals surface area contributed by atoms with Gasteiger partial charge < -0.3 is 19.7 Å². The Kier molecular flexibility index (Phi) is 4.57. The Labute approximate surface area is 117 Å². The number of benzene rings is 1. The summed E-state index contributed by atoms with van der Waals surface area (Å²) >= 11 is 0. The summed E-state index contributed by atoms with van der Waals surface area (Å²) in [4.78, 5) is 4.36. The minimum atomic E-state index is 0.113. The normalized spacial score (nSPS) is 12.2. The molecular formula is C14H19N3O3. The van der Waals surface area contributed by atoms with Crippen LogP contribution in [0.3, 0.4) is 0 Å². The fourth-order valence-electron chi connectivity index (χ4n) is 1.76. The first-order chi connectivity index (χ1) is 9.62. The highest BCUT2D eigenvalue weighted by atomic mass is 16.5. The Morgan fingerprint density at radius 1 is 1.20 bits per heavy atom. The highest BCUT2D eigenvalue weighted by molar-refractivity contribution is 5.60. The van der Waals surface area contributed by atoms with E-state index in [0.29, 0.717) is 29.6 Å². The van der Waals surface area contributed by atoms with Gasteiger partial charge in [-0.05, 0) is 25.5 Å². The monoisotopic (exact) mass is 277 g/mol. The zero-order valence-electron chi connectivity index (χ0n) is 11.9. The van der Waals surface area contributed by atoms with Crippen molar-refractivity contribution in [3.8, 4) is 22.9 Å². The van der Waals surface area contributed by atoms with Crippen molar-refractivity contribution >= 4 is 0 Å². The van der Waals surface area contributed by atoms with Crippen molar-refractivity contribution in [2.24, 2.45) is 5.73 Å². The number of hydrogen-bond donors (Lipinski definition) is 1. The second kappa shape index (κ2) is 6.38. The quantitative estimate of drug-likeness (QED) is 0.869. The lowest BCUT2D eigenvalue weighted by atomic mass is 10.2. The van der Waals surface area contributed by atoms with Gasteiger partial charge in [0.15, 0.2) is 0 Å². The molecule has 6 heteroatoms. The molecule has 20 heavy (non-hydrogen) atoms. The fraction of sp³-hybridized carbons (Fsp3) is 0.429. The van der Waals surface area contributed by atoms with E-state index >= 15 is 0 Å². The molecule has 0 aliphatic rings. The third kappa shape index (κ3) is 3.48. The Morgan fingerprint density at radius 2 is 1.85 bits per heavy atom. The summed E-state index contributed by atoms with van der Waals surface area (Å²) in [5, 5.41) is 3.98. The molecule has 0 spiro atoms. The maximum absolute atomic E-state index is 5.71. The average molecular weight is 277 g/mol. The Bertz CT molecular complexity index is 544. The van der Waals surface area contributed by atoms with Gasteiger partial charge in [0.25, 0.3) is 0 Å². The van der Waals surface area contributed by atoms with E-state index in [9.17, 15) is 0 Å². The summed E-state index contributed by atoms with van der Waals surface area (Å²) in [6.45, 7) is 1.95. The minimum absolute atomic E-state index is 0.113. The number of ether oxygens (including phenoxy) is 2. The van der Waals surface area contributed by atoms with Gasteiger partial charge in [-0.2, -0.15) is 4.98 Å². The maximum Gasteiger partial charge on any atom is 0.227 e. The number of aryl methyl sites for hydroxylation is 1. The van der Waals surface area contributed by atoms with Crippen molar-refractivity contribution in [1.29, 1.82) is 0 Å². The molecule has 0 saturated heterocycles. The van der Waals surface area contributed by atoms with Gasteiger partial charge >= 0.3 is 0 Å². The summed E-state index contributed by atoms with van der Waals surface area (Å²) in [5.41, 5.74) is 6.50. The van der Waals surface area contributed by atoms with E-state index in [0.717, 1.165) is 12.0 Å². The lowest BCUT2D eigenvalue weighted by molar-refractivity contribution is 0.372. The van der Waals surface area contributed by atoms with Crippen LogP contribution in [0.2, 0.25) is 0 Å². The zero-order valence-corrected chi connectivity index (χ0v) is 11.9. The number of aromatic nitrogens is 2. The molecule has 0 bridgehead atoms. The van der Waals surface area contributed by atoms with Crippen LogP contribution in [0, 0.1) is 0 Å². The van der Waals surface area contributed by atoms with Crippen molar-refractivity contribution in [3.05, 3.63) is 24.1 Å². The minimum Gasteiger partial charge on any atom is -0.497 e. The first-order valence-corrected chi connectivity index (χ1v) is 6.44. The summed E-state index contributed by atoms with van der Waals surface area (Å²) in [6.07, 6.45) is 1.48. The number of hydrogen-bond acceptors (Lipinski definition) is 6. The highest BCUT2D eigenvalue weighted by Gasteiger charge is 2.11. The van der Waals surface area contributed by atoms with Gasteiger partial charge in [0.1, 0.15) is 11.5 Å². The number of nitrogens with two attached hydrogens (primary N) is 1. The molecule has 0 fully saturated rings. The predicted molar refractivity (Wildman–Crippen MR) is 74.8 cm³/mol. The van der Waals surface area contributed by atoms with E-state index in [1.807, 2.05) is 19.1 Å². The molecule has 2 rings (SSSR count). The van der Waals surface area contributed by atoms with E-state index in [1.54, 1.807) is 20.3 Å². The Balaban J connectivity index is 2.22. The molecule has 1 heterocycles. The molecular weight excluding hydrogens is 258 g/mol. The number of rotatable bonds is 6. The third-order valence-electron chi connectivity index (χ3n) is 2.89. The Morgan fingerprint density at radius 3 is 2.40 bits per heavy atom. The van der Waals surface area contributed by atoms with Crippen LogP contribution in [-0.2, 0) is 6.42 Å². The molecule has 6 nitrogen and oxygen atoms in total. The van der Waals surface area contributed by atoms with Crippen LogP contribution in [0.1, 0.15) is 19.2 Å². The van der Waals surface area contributed by atoms with Crippen LogP contribution in [0.4, 0.5) is 0 Å². The van der Waals surface area contributed by atoms with Crippen molar-refractivity contribution in [3.63, 3.8) is 0 Å². The maximum atomic E-state index is 5.71. The second-order valence-electron chi connectivity index (χ2n) is 4.63. The van der Waals surface area contributed by atoms with E-state index in [2.05, 4.69) is 10.1 Å². The molecule has 0 radical (unpaired) electrons. The number of nitrogens with zero attached hydrogens (tertiary/aromatic N) is 2. The van der Waals surface area contributed by atoms with Crippen molar-refractivity contribution in [2.45, 2.75) is 25.8 Å². The van der Waals surface area contributed by atoms with E-state index < -0.39 is 0 Å². The summed E-state index contributed by atoms with van der Waals surface area (Å²) in [7, 11) is 3.20. The SMILES string of the molecule is COc1cc(OC)cc(-c2noc(CCC(C)N)n2)c1. The van der Waals surface area contributed by atoms with Gasteiger partial charge in [-0.1, -0.05) is 5.16 Å². The van der Waals surface area contributed by atoms with E-state index in [-0.39, 0.29) is 6.04 Å². The second-order valence-corrected chi connectivity index (χ2v) is 4.63. The molecule has 0 aliphatic heterocycles. The molecule has 2 N–H and O–H groups in total. The van der Waals surface area contributed by atoms with Gasteiger partial charge in [0.05, 0.1) is 14.2 Å². The Hall–Kier alpha value is -2.08. The van der Waals surface area contributed by atoms with Gasteiger partial charge in [-0.15, -0.1) is 0 Å². The summed E-state index contributed by atoms with van der Waals surface area (Å²) in [6, 6.07) is 5.58. The molecule has 1 unspecified atom stereocenters. The lowest BCUT2D eigenvalue weighted by Gasteiger charge is -2.05. The predicted octanol–water partition coefficient (Wildman–Crippen LogP) is 2.03. The summed E-state index contributed by atoms with van der Waals surface area (Å²) < 4.78 is 15.7. The average Bonchev–Trinajstić information content (AvgIpc) is 2.93. The van der Waals surface area contributed by atoms with Crippen LogP contribution in [-0.4, -0.2) is 30.4 Å². The first-order valence-electron chi connectivity index (χ1n) is 6.44. The van der Waals surface area contributed by atoms with Crippen molar-refractivity contribution in [2.75, 3.05) is 14.2 Å². The van der Waals surface area contributed by atoms with Gasteiger partial charge in [-0.3, -0.25) is 0 Å². The van der Waals surface area contributed by atoms with Crippen molar-refractivity contribution < 1.29 is 14.0 Å². The third-order valence-corrected chi connectivity index (χ3v) is 2.89. The zero-order chi connectivity index (χ0) is 14.5. The highest BCUT2D eigenvalue weighted by Crippen LogP contribution is 2.28. The molecule has 0 aliphatic carbocycles. The molecule has 0 amide bonds. The number of methoxy groups -OCH3 is 2. The fourth-order valence-corrected chi connectivity index (χ4v) is 1.76. The van der Waals surface area contributed by atoms with Gasteiger partial charge in [0, 0.05) is 24.1 Å². The van der Waals surface area contributed by atoms with Crippen LogP contribution >= 0.6 is 0 Å². The molecule has 1 aromatic heterocycles. The van der Waals surface area contributed by atoms with E-state index in [1.165, 1.54) is 0 Å². The topological polar surface area (TPSA) is 83.4 Å². The van der Waals surface area contributed by atoms with Gasteiger partial charge in [-0.25, -0.2) is 0 Å². The molecule has 1 atom stereocenters. The van der Waals surface area contributed by atoms with Gasteiger partial charge in [0.2, 0.25) is 11.7 Å². The lowest BCUT2D eigenvalue weighted by Crippen LogP contribution is -2.15. The van der Waals surface area contributed by atoms with Crippen LogP contribution in [0.5, 0.6) is 11.5 Å². The molecule has 2 aromatic rings. The largest absolute Gasteiger partial charge is 0.497 e. The molecule has 1 aromatic carbocycles. The molecule has 108 valence electrons. The van der Waals surface area contributed by atoms with Crippen molar-refractivity contribution in [1.82, 2.24) is 10.1 Å². The van der Waals surface area contributed by atoms with Crippen LogP contribution < -0.4 is 15.2 Å². The molecule has 0 saturated carbocycles. The smallest absolute Gasteiger partial charge is 0.227 e. The standard InChI is InChI=1S/C14H19N3O3/c1-9(15)4-5-13-16-14(17-20-13)10-6-11(18-2)8-12(7-10)19-3/h6-9H,4-5,15H2,1-3H3. The first kappa shape index (κ1) is 14.3. The van der Waals surface area contributed by atoms with Crippen LogP contribution in [0.25, 0.3) is 11.4 Å². The van der Waals surface area contributed by atoms with E-state index in [4.69, 9.17) is 19.7 Å². The summed E-state index contributed by atoms with van der Waals surface area (Å²) in [5.74, 6) is 2.46. The van der Waals surface area contributed by atoms with Crippen LogP contribution in [0.15, 0.2) is 22.7 Å².